The molecule has 1 aromatic rings. The highest BCUT2D eigenvalue weighted by Gasteiger charge is 1.93. The molecule has 0 aliphatic carbocycles. The van der Waals surface area contributed by atoms with E-state index in [4.69, 9.17) is 0 Å². The van der Waals surface area contributed by atoms with Gasteiger partial charge in [-0.2, -0.15) is 0 Å². The average Bonchev–Trinajstić information content (AvgIpc) is 2.34. The van der Waals surface area contributed by atoms with Gasteiger partial charge in [0.25, 0.3) is 0 Å². The molecule has 0 fully saturated rings. The molecule has 106 valence electrons. The second-order valence-electron chi connectivity index (χ2n) is 3.73. The summed E-state index contributed by atoms with van der Waals surface area (Å²) in [4.78, 5) is 1.33. The van der Waals surface area contributed by atoms with E-state index in [2.05, 4.69) is 48.1 Å². The van der Waals surface area contributed by atoms with Crippen LogP contribution in [0.5, 0.6) is 0 Å². The van der Waals surface area contributed by atoms with Crippen LogP contribution in [0.3, 0.4) is 0 Å². The summed E-state index contributed by atoms with van der Waals surface area (Å²) in [5, 5.41) is 6.77. The SMILES string of the molecule is CCNCCCNCc1ccc(SC)cc1.Cl.Cl. The minimum atomic E-state index is 0. The highest BCUT2D eigenvalue weighted by Crippen LogP contribution is 2.14. The van der Waals surface area contributed by atoms with Gasteiger partial charge < -0.3 is 10.6 Å². The molecule has 2 N–H and O–H groups in total. The molecular formula is C13H24Cl2N2S. The average molecular weight is 311 g/mol. The molecular weight excluding hydrogens is 287 g/mol. The molecule has 0 bridgehead atoms. The Morgan fingerprint density at radius 1 is 1.00 bits per heavy atom. The van der Waals surface area contributed by atoms with Crippen molar-refractivity contribution in [1.82, 2.24) is 10.6 Å². The van der Waals surface area contributed by atoms with Crippen LogP contribution in [0.15, 0.2) is 29.2 Å². The lowest BCUT2D eigenvalue weighted by Crippen LogP contribution is -2.21. The number of rotatable bonds is 8. The van der Waals surface area contributed by atoms with Crippen LogP contribution in [0.1, 0.15) is 18.9 Å². The van der Waals surface area contributed by atoms with E-state index in [-0.39, 0.29) is 24.8 Å². The number of thioether (sulfide) groups is 1. The summed E-state index contributed by atoms with van der Waals surface area (Å²) in [6.07, 6.45) is 3.30. The van der Waals surface area contributed by atoms with Crippen molar-refractivity contribution in [2.45, 2.75) is 24.8 Å². The van der Waals surface area contributed by atoms with E-state index in [9.17, 15) is 0 Å². The third-order valence-corrected chi connectivity index (χ3v) is 3.19. The fourth-order valence-corrected chi connectivity index (χ4v) is 1.90. The lowest BCUT2D eigenvalue weighted by atomic mass is 10.2. The van der Waals surface area contributed by atoms with Crippen LogP contribution in [-0.2, 0) is 6.54 Å². The Hall–Kier alpha value is 0.0700. The molecule has 1 aromatic carbocycles. The van der Waals surface area contributed by atoms with Crippen molar-refractivity contribution in [3.63, 3.8) is 0 Å². The first kappa shape index (κ1) is 20.4. The van der Waals surface area contributed by atoms with Gasteiger partial charge in [-0.25, -0.2) is 0 Å². The van der Waals surface area contributed by atoms with Crippen molar-refractivity contribution >= 4 is 36.6 Å². The Balaban J connectivity index is 0. The third kappa shape index (κ3) is 9.06. The summed E-state index contributed by atoms with van der Waals surface area (Å²) in [6, 6.07) is 8.76. The summed E-state index contributed by atoms with van der Waals surface area (Å²) in [6.45, 7) is 6.36. The lowest BCUT2D eigenvalue weighted by Gasteiger charge is -2.06. The number of hydrogen-bond donors (Lipinski definition) is 2. The van der Waals surface area contributed by atoms with Gasteiger partial charge in [-0.1, -0.05) is 19.1 Å². The Bertz CT molecular complexity index is 281. The molecule has 0 aromatic heterocycles. The van der Waals surface area contributed by atoms with E-state index < -0.39 is 0 Å². The second-order valence-corrected chi connectivity index (χ2v) is 4.61. The zero-order valence-electron chi connectivity index (χ0n) is 11.1. The smallest absolute Gasteiger partial charge is 0.0205 e. The molecule has 5 heteroatoms. The lowest BCUT2D eigenvalue weighted by molar-refractivity contribution is 0.606. The maximum Gasteiger partial charge on any atom is 0.0205 e. The van der Waals surface area contributed by atoms with Gasteiger partial charge in [-0.05, 0) is 50.0 Å². The van der Waals surface area contributed by atoms with Gasteiger partial charge in [-0.3, -0.25) is 0 Å². The van der Waals surface area contributed by atoms with Gasteiger partial charge in [0.1, 0.15) is 0 Å². The summed E-state index contributed by atoms with van der Waals surface area (Å²) >= 11 is 1.79. The van der Waals surface area contributed by atoms with Crippen LogP contribution in [0.25, 0.3) is 0 Å². The minimum absolute atomic E-state index is 0. The Morgan fingerprint density at radius 2 is 1.61 bits per heavy atom. The van der Waals surface area contributed by atoms with Crippen molar-refractivity contribution in [1.29, 1.82) is 0 Å². The minimum Gasteiger partial charge on any atom is -0.317 e. The normalized spacial score (nSPS) is 9.44. The highest BCUT2D eigenvalue weighted by molar-refractivity contribution is 7.98. The van der Waals surface area contributed by atoms with Crippen molar-refractivity contribution in [2.75, 3.05) is 25.9 Å². The zero-order valence-corrected chi connectivity index (χ0v) is 13.5. The molecule has 0 spiro atoms. The fraction of sp³-hybridized carbons (Fsp3) is 0.538. The van der Waals surface area contributed by atoms with E-state index in [1.54, 1.807) is 11.8 Å². The molecule has 0 amide bonds. The number of nitrogens with one attached hydrogen (secondary N) is 2. The number of hydrogen-bond acceptors (Lipinski definition) is 3. The second kappa shape index (κ2) is 13.5. The van der Waals surface area contributed by atoms with E-state index in [1.807, 2.05) is 0 Å². The molecule has 0 heterocycles. The largest absolute Gasteiger partial charge is 0.317 e. The van der Waals surface area contributed by atoms with E-state index in [0.29, 0.717) is 0 Å². The van der Waals surface area contributed by atoms with Crippen molar-refractivity contribution < 1.29 is 0 Å². The van der Waals surface area contributed by atoms with Crippen LogP contribution < -0.4 is 10.6 Å². The Kier molecular flexibility index (Phi) is 15.3. The van der Waals surface area contributed by atoms with Crippen molar-refractivity contribution in [3.05, 3.63) is 29.8 Å². The standard InChI is InChI=1S/C13H22N2S.2ClH/c1-3-14-9-4-10-15-11-12-5-7-13(16-2)8-6-12;;/h5-8,14-15H,3-4,9-11H2,1-2H3;2*1H. The fourth-order valence-electron chi connectivity index (χ4n) is 1.49. The van der Waals surface area contributed by atoms with Crippen LogP contribution in [-0.4, -0.2) is 25.9 Å². The van der Waals surface area contributed by atoms with Crippen molar-refractivity contribution in [3.8, 4) is 0 Å². The zero-order chi connectivity index (χ0) is 11.6. The molecule has 18 heavy (non-hydrogen) atoms. The van der Waals surface area contributed by atoms with Crippen LogP contribution >= 0.6 is 36.6 Å². The summed E-state index contributed by atoms with van der Waals surface area (Å²) in [5.74, 6) is 0. The molecule has 2 nitrogen and oxygen atoms in total. The van der Waals surface area contributed by atoms with Crippen molar-refractivity contribution in [2.24, 2.45) is 0 Å². The molecule has 1 rings (SSSR count). The molecule has 0 atom stereocenters. The molecule has 0 aliphatic rings. The Morgan fingerprint density at radius 3 is 2.17 bits per heavy atom. The number of halogens is 2. The Labute approximate surface area is 128 Å². The summed E-state index contributed by atoms with van der Waals surface area (Å²) < 4.78 is 0. The van der Waals surface area contributed by atoms with Gasteiger partial charge in [0, 0.05) is 11.4 Å². The summed E-state index contributed by atoms with van der Waals surface area (Å²) in [7, 11) is 0. The quantitative estimate of drug-likeness (QED) is 0.569. The van der Waals surface area contributed by atoms with E-state index in [0.717, 1.165) is 26.2 Å². The van der Waals surface area contributed by atoms with Crippen LogP contribution in [0.2, 0.25) is 0 Å². The van der Waals surface area contributed by atoms with Gasteiger partial charge in [0.05, 0.1) is 0 Å². The molecule has 0 radical (unpaired) electrons. The summed E-state index contributed by atoms with van der Waals surface area (Å²) in [5.41, 5.74) is 1.36. The molecule has 0 saturated heterocycles. The first-order valence-electron chi connectivity index (χ1n) is 5.91. The predicted octanol–water partition coefficient (Wildman–Crippen LogP) is 3.34. The molecule has 0 unspecified atom stereocenters. The van der Waals surface area contributed by atoms with Gasteiger partial charge in [-0.15, -0.1) is 36.6 Å². The van der Waals surface area contributed by atoms with Gasteiger partial charge in [0.15, 0.2) is 0 Å². The first-order chi connectivity index (χ1) is 7.86. The van der Waals surface area contributed by atoms with Crippen LogP contribution in [0.4, 0.5) is 0 Å². The molecule has 0 saturated carbocycles. The van der Waals surface area contributed by atoms with Gasteiger partial charge in [0.2, 0.25) is 0 Å². The topological polar surface area (TPSA) is 24.1 Å². The maximum absolute atomic E-state index is 3.45. The number of benzene rings is 1. The van der Waals surface area contributed by atoms with E-state index in [1.165, 1.54) is 16.9 Å². The predicted molar refractivity (Wildman–Crippen MR) is 87.6 cm³/mol. The van der Waals surface area contributed by atoms with Crippen LogP contribution in [0, 0.1) is 0 Å². The monoisotopic (exact) mass is 310 g/mol. The van der Waals surface area contributed by atoms with Gasteiger partial charge >= 0.3 is 0 Å². The third-order valence-electron chi connectivity index (χ3n) is 2.45. The first-order valence-corrected chi connectivity index (χ1v) is 7.13. The highest BCUT2D eigenvalue weighted by atomic mass is 35.5. The molecule has 0 aliphatic heterocycles. The van der Waals surface area contributed by atoms with E-state index >= 15 is 0 Å². The maximum atomic E-state index is 3.45.